The van der Waals surface area contributed by atoms with Crippen molar-refractivity contribution in [3.63, 3.8) is 0 Å². The Hall–Kier alpha value is -2.55. The second-order valence-electron chi connectivity index (χ2n) is 6.15. The van der Waals surface area contributed by atoms with Crippen LogP contribution in [0, 0.1) is 27.7 Å². The van der Waals surface area contributed by atoms with Crippen molar-refractivity contribution in [3.8, 4) is 0 Å². The minimum atomic E-state index is -0.302. The lowest BCUT2D eigenvalue weighted by Crippen LogP contribution is -2.07. The summed E-state index contributed by atoms with van der Waals surface area (Å²) in [5, 5.41) is 4.42. The van der Waals surface area contributed by atoms with Gasteiger partial charge in [-0.15, -0.1) is 0 Å². The van der Waals surface area contributed by atoms with Gasteiger partial charge in [-0.1, -0.05) is 29.8 Å². The molecule has 0 aliphatic heterocycles. The monoisotopic (exact) mass is 307 g/mol. The summed E-state index contributed by atoms with van der Waals surface area (Å²) in [6, 6.07) is 12.0. The van der Waals surface area contributed by atoms with Crippen LogP contribution in [0.3, 0.4) is 0 Å². The maximum atomic E-state index is 11.9. The molecule has 2 aromatic carbocycles. The summed E-state index contributed by atoms with van der Waals surface area (Å²) in [4.78, 5) is 11.9. The lowest BCUT2D eigenvalue weighted by atomic mass is 10.0. The lowest BCUT2D eigenvalue weighted by Gasteiger charge is -2.12. The van der Waals surface area contributed by atoms with Crippen LogP contribution in [0.25, 0.3) is 11.0 Å². The number of hydrogen-bond donors (Lipinski definition) is 1. The molecule has 3 rings (SSSR count). The molecule has 3 nitrogen and oxygen atoms in total. The summed E-state index contributed by atoms with van der Waals surface area (Å²) in [7, 11) is 0. The van der Waals surface area contributed by atoms with E-state index in [9.17, 15) is 4.79 Å². The molecule has 0 aliphatic rings. The first-order valence-corrected chi connectivity index (χ1v) is 7.80. The first kappa shape index (κ1) is 15.3. The second kappa shape index (κ2) is 5.92. The van der Waals surface area contributed by atoms with Crippen LogP contribution in [-0.4, -0.2) is 0 Å². The number of benzene rings is 2. The summed E-state index contributed by atoms with van der Waals surface area (Å²) < 4.78 is 5.42. The average molecular weight is 307 g/mol. The Labute approximate surface area is 136 Å². The molecule has 0 fully saturated rings. The molecule has 0 spiro atoms. The molecule has 0 atom stereocenters. The lowest BCUT2D eigenvalue weighted by molar-refractivity contribution is 0.556. The SMILES string of the molecule is Cc1ccc(NCc2cc(=O)oc3c(C)c(C)ccc23)c(C)c1. The Bertz CT molecular complexity index is 938. The maximum absolute atomic E-state index is 11.9. The van der Waals surface area contributed by atoms with E-state index in [1.807, 2.05) is 19.9 Å². The third kappa shape index (κ3) is 3.00. The van der Waals surface area contributed by atoms with Gasteiger partial charge in [-0.25, -0.2) is 4.79 Å². The molecule has 1 heterocycles. The Balaban J connectivity index is 2.00. The van der Waals surface area contributed by atoms with Crippen molar-refractivity contribution in [2.45, 2.75) is 34.2 Å². The van der Waals surface area contributed by atoms with Crippen LogP contribution in [0.2, 0.25) is 0 Å². The summed E-state index contributed by atoms with van der Waals surface area (Å²) >= 11 is 0. The number of anilines is 1. The second-order valence-corrected chi connectivity index (χ2v) is 6.15. The Kier molecular flexibility index (Phi) is 3.95. The zero-order valence-electron chi connectivity index (χ0n) is 14.0. The van der Waals surface area contributed by atoms with Crippen molar-refractivity contribution in [2.24, 2.45) is 0 Å². The van der Waals surface area contributed by atoms with E-state index < -0.39 is 0 Å². The van der Waals surface area contributed by atoms with Crippen LogP contribution in [0.15, 0.2) is 45.6 Å². The minimum absolute atomic E-state index is 0.302. The van der Waals surface area contributed by atoms with Gasteiger partial charge >= 0.3 is 5.63 Å². The van der Waals surface area contributed by atoms with E-state index in [2.05, 4.69) is 43.4 Å². The van der Waals surface area contributed by atoms with Crippen molar-refractivity contribution in [1.29, 1.82) is 0 Å². The van der Waals surface area contributed by atoms with Gasteiger partial charge in [0.05, 0.1) is 0 Å². The number of aryl methyl sites for hydroxylation is 4. The molecule has 0 amide bonds. The molecular weight excluding hydrogens is 286 g/mol. The van der Waals surface area contributed by atoms with Gasteiger partial charge in [0.25, 0.3) is 0 Å². The fourth-order valence-electron chi connectivity index (χ4n) is 2.87. The molecular formula is C20H21NO2. The molecule has 1 N–H and O–H groups in total. The van der Waals surface area contributed by atoms with E-state index in [0.29, 0.717) is 12.1 Å². The first-order chi connectivity index (χ1) is 11.0. The van der Waals surface area contributed by atoms with Gasteiger partial charge < -0.3 is 9.73 Å². The van der Waals surface area contributed by atoms with Crippen LogP contribution < -0.4 is 10.9 Å². The predicted molar refractivity (Wildman–Crippen MR) is 95.2 cm³/mol. The molecule has 0 saturated heterocycles. The van der Waals surface area contributed by atoms with Gasteiger partial charge in [0, 0.05) is 23.7 Å². The maximum Gasteiger partial charge on any atom is 0.336 e. The summed E-state index contributed by atoms with van der Waals surface area (Å²) in [5.41, 5.74) is 7.01. The molecule has 0 aliphatic carbocycles. The standard InChI is InChI=1S/C20H21NO2/c1-12-5-8-18(14(3)9-12)21-11-16-10-19(22)23-20-15(4)13(2)6-7-17(16)20/h5-10,21H,11H2,1-4H3. The van der Waals surface area contributed by atoms with Gasteiger partial charge in [-0.05, 0) is 56.0 Å². The number of hydrogen-bond acceptors (Lipinski definition) is 3. The van der Waals surface area contributed by atoms with E-state index in [1.54, 1.807) is 6.07 Å². The van der Waals surface area contributed by atoms with Crippen LogP contribution in [0.4, 0.5) is 5.69 Å². The normalized spacial score (nSPS) is 11.0. The molecule has 23 heavy (non-hydrogen) atoms. The molecule has 0 bridgehead atoms. The quantitative estimate of drug-likeness (QED) is 0.717. The molecule has 0 saturated carbocycles. The highest BCUT2D eigenvalue weighted by Gasteiger charge is 2.09. The first-order valence-electron chi connectivity index (χ1n) is 7.80. The summed E-state index contributed by atoms with van der Waals surface area (Å²) in [5.74, 6) is 0. The minimum Gasteiger partial charge on any atom is -0.422 e. The Morgan fingerprint density at radius 1 is 0.957 bits per heavy atom. The molecule has 0 radical (unpaired) electrons. The third-order valence-electron chi connectivity index (χ3n) is 4.37. The number of nitrogens with one attached hydrogen (secondary N) is 1. The van der Waals surface area contributed by atoms with E-state index in [-0.39, 0.29) is 5.63 Å². The van der Waals surface area contributed by atoms with E-state index in [1.165, 1.54) is 11.1 Å². The van der Waals surface area contributed by atoms with Crippen molar-refractivity contribution in [3.05, 3.63) is 74.6 Å². The topological polar surface area (TPSA) is 42.2 Å². The zero-order chi connectivity index (χ0) is 16.6. The molecule has 3 heteroatoms. The molecule has 1 aromatic heterocycles. The van der Waals surface area contributed by atoms with Crippen LogP contribution in [0.1, 0.15) is 27.8 Å². The summed E-state index contributed by atoms with van der Waals surface area (Å²) in [6.07, 6.45) is 0. The van der Waals surface area contributed by atoms with Crippen LogP contribution in [0.5, 0.6) is 0 Å². The smallest absolute Gasteiger partial charge is 0.336 e. The van der Waals surface area contributed by atoms with Crippen molar-refractivity contribution >= 4 is 16.7 Å². The highest BCUT2D eigenvalue weighted by molar-refractivity contribution is 5.84. The average Bonchev–Trinajstić information content (AvgIpc) is 2.50. The Morgan fingerprint density at radius 3 is 2.48 bits per heavy atom. The van der Waals surface area contributed by atoms with E-state index >= 15 is 0 Å². The van der Waals surface area contributed by atoms with Crippen molar-refractivity contribution in [1.82, 2.24) is 0 Å². The Morgan fingerprint density at radius 2 is 1.74 bits per heavy atom. The third-order valence-corrected chi connectivity index (χ3v) is 4.37. The van der Waals surface area contributed by atoms with Crippen molar-refractivity contribution < 1.29 is 4.42 Å². The van der Waals surface area contributed by atoms with Gasteiger partial charge in [0.1, 0.15) is 5.58 Å². The summed E-state index contributed by atoms with van der Waals surface area (Å²) in [6.45, 7) is 8.77. The molecule has 3 aromatic rings. The van der Waals surface area contributed by atoms with Gasteiger partial charge in [-0.3, -0.25) is 0 Å². The van der Waals surface area contributed by atoms with Gasteiger partial charge in [-0.2, -0.15) is 0 Å². The van der Waals surface area contributed by atoms with Crippen LogP contribution >= 0.6 is 0 Å². The predicted octanol–water partition coefficient (Wildman–Crippen LogP) is 4.64. The largest absolute Gasteiger partial charge is 0.422 e. The van der Waals surface area contributed by atoms with E-state index in [0.717, 1.165) is 27.8 Å². The van der Waals surface area contributed by atoms with Crippen molar-refractivity contribution in [2.75, 3.05) is 5.32 Å². The molecule has 118 valence electrons. The zero-order valence-corrected chi connectivity index (χ0v) is 14.0. The van der Waals surface area contributed by atoms with Crippen LogP contribution in [-0.2, 0) is 6.54 Å². The fourth-order valence-corrected chi connectivity index (χ4v) is 2.87. The van der Waals surface area contributed by atoms with E-state index in [4.69, 9.17) is 4.42 Å². The number of fused-ring (bicyclic) bond motifs is 1. The highest BCUT2D eigenvalue weighted by Crippen LogP contribution is 2.24. The fraction of sp³-hybridized carbons (Fsp3) is 0.250. The molecule has 0 unspecified atom stereocenters. The highest BCUT2D eigenvalue weighted by atomic mass is 16.4. The van der Waals surface area contributed by atoms with Gasteiger partial charge in [0.2, 0.25) is 0 Å². The van der Waals surface area contributed by atoms with Gasteiger partial charge in [0.15, 0.2) is 0 Å². The number of rotatable bonds is 3.